The molecule has 2 rings (SSSR count). The Morgan fingerprint density at radius 2 is 1.63 bits per heavy atom. The maximum atomic E-state index is 12.8. The third-order valence-electron chi connectivity index (χ3n) is 3.34. The van der Waals surface area contributed by atoms with E-state index in [-0.39, 0.29) is 29.8 Å². The highest BCUT2D eigenvalue weighted by atomic mass is 32.2. The number of halogens is 1. The number of ether oxygens (including phenoxy) is 1. The summed E-state index contributed by atoms with van der Waals surface area (Å²) in [6.45, 7) is 5.72. The Bertz CT molecular complexity index is 873. The predicted octanol–water partition coefficient (Wildman–Crippen LogP) is 2.71. The molecule has 0 radical (unpaired) electrons. The zero-order valence-electron chi connectivity index (χ0n) is 15.5. The summed E-state index contributed by atoms with van der Waals surface area (Å²) in [6, 6.07) is 11.3. The van der Waals surface area contributed by atoms with Crippen molar-refractivity contribution in [3.63, 3.8) is 0 Å². The summed E-state index contributed by atoms with van der Waals surface area (Å²) in [4.78, 5) is 12.2. The third kappa shape index (κ3) is 6.65. The van der Waals surface area contributed by atoms with Crippen molar-refractivity contribution in [2.75, 3.05) is 13.2 Å². The van der Waals surface area contributed by atoms with Crippen LogP contribution in [-0.2, 0) is 10.0 Å². The van der Waals surface area contributed by atoms with Gasteiger partial charge in [-0.25, -0.2) is 17.5 Å². The summed E-state index contributed by atoms with van der Waals surface area (Å²) in [6.07, 6.45) is 0. The molecular weight excluding hydrogens is 371 g/mol. The fourth-order valence-electron chi connectivity index (χ4n) is 2.21. The lowest BCUT2D eigenvalue weighted by Crippen LogP contribution is -2.40. The fraction of sp³-hybridized carbons (Fsp3) is 0.316. The van der Waals surface area contributed by atoms with E-state index in [2.05, 4.69) is 10.0 Å². The number of carbonyl (C=O) groups is 1. The Labute approximate surface area is 158 Å². The molecule has 2 aromatic carbocycles. The van der Waals surface area contributed by atoms with Gasteiger partial charge in [-0.3, -0.25) is 4.79 Å². The highest BCUT2D eigenvalue weighted by Gasteiger charge is 2.22. The number of carbonyl (C=O) groups excluding carboxylic acids is 1. The molecule has 0 spiro atoms. The average molecular weight is 394 g/mol. The highest BCUT2D eigenvalue weighted by Crippen LogP contribution is 2.14. The van der Waals surface area contributed by atoms with Crippen LogP contribution in [0.2, 0.25) is 0 Å². The van der Waals surface area contributed by atoms with Crippen LogP contribution in [0.4, 0.5) is 4.39 Å². The SMILES string of the molecule is CC(C)(C)NS(=O)(=O)c1ccc(C(=O)NCCOc2ccc(F)cc2)cc1. The molecule has 0 fully saturated rings. The van der Waals surface area contributed by atoms with Gasteiger partial charge in [-0.1, -0.05) is 0 Å². The third-order valence-corrected chi connectivity index (χ3v) is 5.11. The molecule has 0 heterocycles. The Morgan fingerprint density at radius 1 is 1.04 bits per heavy atom. The summed E-state index contributed by atoms with van der Waals surface area (Å²) >= 11 is 0. The van der Waals surface area contributed by atoms with Crippen LogP contribution in [-0.4, -0.2) is 33.0 Å². The molecule has 0 saturated heterocycles. The number of hydrogen-bond acceptors (Lipinski definition) is 4. The van der Waals surface area contributed by atoms with E-state index in [1.54, 1.807) is 20.8 Å². The van der Waals surface area contributed by atoms with Crippen LogP contribution in [0, 0.1) is 5.82 Å². The molecule has 0 atom stereocenters. The molecule has 8 heteroatoms. The van der Waals surface area contributed by atoms with Crippen molar-refractivity contribution in [2.45, 2.75) is 31.2 Å². The molecule has 27 heavy (non-hydrogen) atoms. The number of benzene rings is 2. The minimum Gasteiger partial charge on any atom is -0.492 e. The van der Waals surface area contributed by atoms with Crippen LogP contribution in [0.15, 0.2) is 53.4 Å². The van der Waals surface area contributed by atoms with E-state index < -0.39 is 15.6 Å². The number of hydrogen-bond donors (Lipinski definition) is 2. The van der Waals surface area contributed by atoms with E-state index in [1.807, 2.05) is 0 Å². The standard InChI is InChI=1S/C19H23FN2O4S/c1-19(2,3)22-27(24,25)17-10-4-14(5-11-17)18(23)21-12-13-26-16-8-6-15(20)7-9-16/h4-11,22H,12-13H2,1-3H3,(H,21,23). The van der Waals surface area contributed by atoms with Gasteiger partial charge in [0, 0.05) is 11.1 Å². The molecule has 2 N–H and O–H groups in total. The van der Waals surface area contributed by atoms with Crippen molar-refractivity contribution in [1.29, 1.82) is 0 Å². The molecule has 0 aromatic heterocycles. The van der Waals surface area contributed by atoms with E-state index >= 15 is 0 Å². The smallest absolute Gasteiger partial charge is 0.251 e. The molecule has 2 aromatic rings. The first kappa shape index (κ1) is 20.9. The first-order valence-electron chi connectivity index (χ1n) is 8.37. The summed E-state index contributed by atoms with van der Waals surface area (Å²) < 4.78 is 45.2. The molecule has 0 aliphatic rings. The van der Waals surface area contributed by atoms with E-state index in [1.165, 1.54) is 48.5 Å². The first-order valence-corrected chi connectivity index (χ1v) is 9.86. The molecular formula is C19H23FN2O4S. The Morgan fingerprint density at radius 3 is 2.19 bits per heavy atom. The maximum absolute atomic E-state index is 12.8. The van der Waals surface area contributed by atoms with E-state index in [4.69, 9.17) is 4.74 Å². The van der Waals surface area contributed by atoms with Gasteiger partial charge in [-0.2, -0.15) is 0 Å². The summed E-state index contributed by atoms with van der Waals surface area (Å²) in [5, 5.41) is 2.67. The number of nitrogens with one attached hydrogen (secondary N) is 2. The van der Waals surface area contributed by atoms with Gasteiger partial charge in [0.25, 0.3) is 5.91 Å². The van der Waals surface area contributed by atoms with E-state index in [0.717, 1.165) is 0 Å². The zero-order valence-corrected chi connectivity index (χ0v) is 16.3. The minimum absolute atomic E-state index is 0.0913. The van der Waals surface area contributed by atoms with Crippen molar-refractivity contribution in [3.8, 4) is 5.75 Å². The van der Waals surface area contributed by atoms with Gasteiger partial charge < -0.3 is 10.1 Å². The summed E-state index contributed by atoms with van der Waals surface area (Å²) in [5.74, 6) is -0.184. The minimum atomic E-state index is -3.64. The van der Waals surface area contributed by atoms with Gasteiger partial charge in [0.15, 0.2) is 0 Å². The molecule has 0 saturated carbocycles. The van der Waals surface area contributed by atoms with Crippen LogP contribution in [0.25, 0.3) is 0 Å². The van der Waals surface area contributed by atoms with Crippen LogP contribution < -0.4 is 14.8 Å². The molecule has 6 nitrogen and oxygen atoms in total. The van der Waals surface area contributed by atoms with Gasteiger partial charge in [-0.05, 0) is 69.3 Å². The molecule has 146 valence electrons. The number of sulfonamides is 1. The largest absolute Gasteiger partial charge is 0.492 e. The highest BCUT2D eigenvalue weighted by molar-refractivity contribution is 7.89. The van der Waals surface area contributed by atoms with Gasteiger partial charge in [-0.15, -0.1) is 0 Å². The monoisotopic (exact) mass is 394 g/mol. The van der Waals surface area contributed by atoms with Gasteiger partial charge in [0.05, 0.1) is 11.4 Å². The van der Waals surface area contributed by atoms with Crippen molar-refractivity contribution in [1.82, 2.24) is 10.0 Å². The summed E-state index contributed by atoms with van der Waals surface area (Å²) in [5.41, 5.74) is -0.258. The molecule has 0 aliphatic carbocycles. The second-order valence-corrected chi connectivity index (χ2v) is 8.62. The molecule has 0 bridgehead atoms. The van der Waals surface area contributed by atoms with Crippen LogP contribution in [0.5, 0.6) is 5.75 Å². The van der Waals surface area contributed by atoms with Crippen LogP contribution >= 0.6 is 0 Å². The first-order chi connectivity index (χ1) is 12.6. The van der Waals surface area contributed by atoms with E-state index in [9.17, 15) is 17.6 Å². The lowest BCUT2D eigenvalue weighted by Gasteiger charge is -2.20. The Hall–Kier alpha value is -2.45. The Balaban J connectivity index is 1.87. The zero-order chi connectivity index (χ0) is 20.1. The summed E-state index contributed by atoms with van der Waals surface area (Å²) in [7, 11) is -3.64. The second-order valence-electron chi connectivity index (χ2n) is 6.94. The maximum Gasteiger partial charge on any atom is 0.251 e. The second kappa shape index (κ2) is 8.49. The van der Waals surface area contributed by atoms with Crippen LogP contribution in [0.3, 0.4) is 0 Å². The quantitative estimate of drug-likeness (QED) is 0.707. The number of amides is 1. The Kier molecular flexibility index (Phi) is 6.56. The van der Waals surface area contributed by atoms with Crippen molar-refractivity contribution in [2.24, 2.45) is 0 Å². The van der Waals surface area contributed by atoms with E-state index in [0.29, 0.717) is 11.3 Å². The predicted molar refractivity (Wildman–Crippen MR) is 101 cm³/mol. The van der Waals surface area contributed by atoms with Gasteiger partial charge >= 0.3 is 0 Å². The fourth-order valence-corrected chi connectivity index (χ4v) is 3.63. The van der Waals surface area contributed by atoms with Crippen molar-refractivity contribution in [3.05, 3.63) is 59.9 Å². The molecule has 0 unspecified atom stereocenters. The lowest BCUT2D eigenvalue weighted by molar-refractivity contribution is 0.0947. The molecule has 0 aliphatic heterocycles. The van der Waals surface area contributed by atoms with Gasteiger partial charge in [0.2, 0.25) is 10.0 Å². The van der Waals surface area contributed by atoms with Crippen molar-refractivity contribution >= 4 is 15.9 Å². The van der Waals surface area contributed by atoms with Crippen LogP contribution in [0.1, 0.15) is 31.1 Å². The van der Waals surface area contributed by atoms with Crippen molar-refractivity contribution < 1.29 is 22.3 Å². The average Bonchev–Trinajstić information content (AvgIpc) is 2.58. The topological polar surface area (TPSA) is 84.5 Å². The number of rotatable bonds is 7. The molecule has 1 amide bonds. The lowest BCUT2D eigenvalue weighted by atomic mass is 10.1. The van der Waals surface area contributed by atoms with Gasteiger partial charge in [0.1, 0.15) is 18.2 Å². The normalized spacial score (nSPS) is 11.9.